The molecule has 0 saturated heterocycles. The highest BCUT2D eigenvalue weighted by Gasteiger charge is 2.05. The Morgan fingerprint density at radius 1 is 1.08 bits per heavy atom. The van der Waals surface area contributed by atoms with Crippen LogP contribution in [-0.4, -0.2) is 9.97 Å². The molecule has 0 radical (unpaired) electrons. The number of benzene rings is 1. The molecule has 2 heterocycles. The average molecular weight is 330 g/mol. The third-order valence-electron chi connectivity index (χ3n) is 3.65. The second-order valence-corrected chi connectivity index (χ2v) is 5.67. The molecule has 0 aliphatic heterocycles. The van der Waals surface area contributed by atoms with Crippen LogP contribution >= 0.6 is 0 Å². The van der Waals surface area contributed by atoms with Gasteiger partial charge in [-0.15, -0.1) is 0 Å². The summed E-state index contributed by atoms with van der Waals surface area (Å²) >= 11 is 0. The molecule has 3 rings (SSSR count). The fourth-order valence-electron chi connectivity index (χ4n) is 2.40. The van der Waals surface area contributed by atoms with E-state index in [2.05, 4.69) is 21.4 Å². The number of nitriles is 1. The van der Waals surface area contributed by atoms with Crippen LogP contribution in [0.2, 0.25) is 0 Å². The summed E-state index contributed by atoms with van der Waals surface area (Å²) in [7, 11) is 0. The lowest BCUT2D eigenvalue weighted by molar-refractivity contribution is 0.475. The molecule has 2 aromatic heterocycles. The molecule has 0 unspecified atom stereocenters. The minimum absolute atomic E-state index is 0.409. The molecule has 5 nitrogen and oxygen atoms in total. The van der Waals surface area contributed by atoms with Crippen LogP contribution in [0, 0.1) is 25.2 Å². The first kappa shape index (κ1) is 16.5. The molecule has 0 atom stereocenters. The van der Waals surface area contributed by atoms with Crippen LogP contribution in [0.25, 0.3) is 0 Å². The minimum Gasteiger partial charge on any atom is -0.455 e. The zero-order valence-corrected chi connectivity index (χ0v) is 14.2. The Morgan fingerprint density at radius 3 is 2.60 bits per heavy atom. The topological polar surface area (TPSA) is 70.8 Å². The molecular formula is C20H18N4O. The molecule has 124 valence electrons. The molecule has 25 heavy (non-hydrogen) atoms. The van der Waals surface area contributed by atoms with Crippen molar-refractivity contribution in [1.29, 1.82) is 5.26 Å². The zero-order chi connectivity index (χ0) is 17.6. The van der Waals surface area contributed by atoms with Crippen molar-refractivity contribution < 1.29 is 4.74 Å². The van der Waals surface area contributed by atoms with Gasteiger partial charge in [-0.25, -0.2) is 4.98 Å². The van der Waals surface area contributed by atoms with E-state index in [1.54, 1.807) is 12.3 Å². The quantitative estimate of drug-likeness (QED) is 0.734. The van der Waals surface area contributed by atoms with Crippen LogP contribution in [-0.2, 0) is 6.42 Å². The third-order valence-corrected chi connectivity index (χ3v) is 3.65. The molecule has 0 fully saturated rings. The Bertz CT molecular complexity index is 914. The number of hydrogen-bond donors (Lipinski definition) is 1. The Labute approximate surface area is 147 Å². The van der Waals surface area contributed by atoms with E-state index in [4.69, 9.17) is 10.00 Å². The number of nitrogens with one attached hydrogen (secondary N) is 1. The summed E-state index contributed by atoms with van der Waals surface area (Å²) in [6.45, 7) is 3.87. The number of anilines is 2. The second kappa shape index (κ2) is 7.45. The van der Waals surface area contributed by atoms with Crippen LogP contribution in [0.5, 0.6) is 11.5 Å². The average Bonchev–Trinajstić information content (AvgIpc) is 2.60. The van der Waals surface area contributed by atoms with Gasteiger partial charge in [0.15, 0.2) is 0 Å². The van der Waals surface area contributed by atoms with Gasteiger partial charge < -0.3 is 10.1 Å². The largest absolute Gasteiger partial charge is 0.455 e. The van der Waals surface area contributed by atoms with E-state index in [1.165, 1.54) is 0 Å². The SMILES string of the molecule is Cc1ccc(Oc2ccnc(Nc3ccc(CC#N)cc3)c2)c(C)n1. The summed E-state index contributed by atoms with van der Waals surface area (Å²) < 4.78 is 5.92. The molecule has 0 amide bonds. The van der Waals surface area contributed by atoms with Crippen molar-refractivity contribution in [3.8, 4) is 17.6 Å². The van der Waals surface area contributed by atoms with Crippen LogP contribution in [0.15, 0.2) is 54.7 Å². The number of nitrogens with zero attached hydrogens (tertiary/aromatic N) is 3. The summed E-state index contributed by atoms with van der Waals surface area (Å²) in [4.78, 5) is 8.72. The number of pyridine rings is 2. The molecule has 1 aromatic carbocycles. The molecule has 0 bridgehead atoms. The van der Waals surface area contributed by atoms with E-state index in [1.807, 2.05) is 56.3 Å². The van der Waals surface area contributed by atoms with Gasteiger partial charge in [-0.2, -0.15) is 5.26 Å². The Kier molecular flexibility index (Phi) is 4.91. The van der Waals surface area contributed by atoms with Gasteiger partial charge in [0.1, 0.15) is 17.3 Å². The van der Waals surface area contributed by atoms with Crippen molar-refractivity contribution in [3.63, 3.8) is 0 Å². The molecule has 0 saturated carbocycles. The van der Waals surface area contributed by atoms with Crippen molar-refractivity contribution in [2.45, 2.75) is 20.3 Å². The summed E-state index contributed by atoms with van der Waals surface area (Å²) in [5, 5.41) is 11.9. The summed E-state index contributed by atoms with van der Waals surface area (Å²) in [6, 6.07) is 17.3. The maximum absolute atomic E-state index is 8.72. The Hall–Kier alpha value is -3.39. The third kappa shape index (κ3) is 4.33. The van der Waals surface area contributed by atoms with E-state index in [0.29, 0.717) is 18.0 Å². The molecule has 3 aromatic rings. The predicted octanol–water partition coefficient (Wildman–Crippen LogP) is 4.70. The molecule has 0 aliphatic carbocycles. The van der Waals surface area contributed by atoms with Gasteiger partial charge >= 0.3 is 0 Å². The van der Waals surface area contributed by atoms with Gasteiger partial charge in [-0.1, -0.05) is 12.1 Å². The lowest BCUT2D eigenvalue weighted by Crippen LogP contribution is -1.96. The second-order valence-electron chi connectivity index (χ2n) is 5.67. The van der Waals surface area contributed by atoms with Crippen LogP contribution in [0.1, 0.15) is 17.0 Å². The van der Waals surface area contributed by atoms with Crippen molar-refractivity contribution >= 4 is 11.5 Å². The first-order valence-corrected chi connectivity index (χ1v) is 7.95. The number of hydrogen-bond acceptors (Lipinski definition) is 5. The van der Waals surface area contributed by atoms with Crippen molar-refractivity contribution in [2.75, 3.05) is 5.32 Å². The van der Waals surface area contributed by atoms with Gasteiger partial charge in [0, 0.05) is 23.6 Å². The van der Waals surface area contributed by atoms with Gasteiger partial charge in [0.2, 0.25) is 0 Å². The van der Waals surface area contributed by atoms with Gasteiger partial charge in [0.05, 0.1) is 18.2 Å². The van der Waals surface area contributed by atoms with Crippen LogP contribution in [0.3, 0.4) is 0 Å². The monoisotopic (exact) mass is 330 g/mol. The minimum atomic E-state index is 0.409. The fourth-order valence-corrected chi connectivity index (χ4v) is 2.40. The van der Waals surface area contributed by atoms with Crippen molar-refractivity contribution in [3.05, 3.63) is 71.7 Å². The Morgan fingerprint density at radius 2 is 1.88 bits per heavy atom. The molecular weight excluding hydrogens is 312 g/mol. The smallest absolute Gasteiger partial charge is 0.148 e. The first-order chi connectivity index (χ1) is 12.1. The van der Waals surface area contributed by atoms with Gasteiger partial charge in [0.25, 0.3) is 0 Å². The standard InChI is InChI=1S/C20H18N4O/c1-14-3-8-19(15(2)23-14)25-18-10-12-22-20(13-18)24-17-6-4-16(5-7-17)9-11-21/h3-8,10,12-13H,9H2,1-2H3,(H,22,24). The van der Waals surface area contributed by atoms with Crippen molar-refractivity contribution in [2.24, 2.45) is 0 Å². The van der Waals surface area contributed by atoms with E-state index in [0.717, 1.165) is 28.4 Å². The molecule has 0 spiro atoms. The number of aromatic nitrogens is 2. The molecule has 5 heteroatoms. The predicted molar refractivity (Wildman–Crippen MR) is 97.1 cm³/mol. The summed E-state index contributed by atoms with van der Waals surface area (Å²) in [5.74, 6) is 2.10. The highest BCUT2D eigenvalue weighted by atomic mass is 16.5. The highest BCUT2D eigenvalue weighted by Crippen LogP contribution is 2.26. The van der Waals surface area contributed by atoms with Gasteiger partial charge in [-0.3, -0.25) is 4.98 Å². The maximum atomic E-state index is 8.72. The van der Waals surface area contributed by atoms with E-state index < -0.39 is 0 Å². The zero-order valence-electron chi connectivity index (χ0n) is 14.2. The normalized spacial score (nSPS) is 10.1. The number of rotatable bonds is 5. The van der Waals surface area contributed by atoms with Crippen LogP contribution < -0.4 is 10.1 Å². The van der Waals surface area contributed by atoms with Gasteiger partial charge in [-0.05, 0) is 49.7 Å². The van der Waals surface area contributed by atoms with E-state index in [9.17, 15) is 0 Å². The van der Waals surface area contributed by atoms with E-state index in [-0.39, 0.29) is 0 Å². The number of ether oxygens (including phenoxy) is 1. The Balaban J connectivity index is 1.74. The fraction of sp³-hybridized carbons (Fsp3) is 0.150. The maximum Gasteiger partial charge on any atom is 0.148 e. The van der Waals surface area contributed by atoms with Crippen LogP contribution in [0.4, 0.5) is 11.5 Å². The lowest BCUT2D eigenvalue weighted by Gasteiger charge is -2.11. The summed E-state index contributed by atoms with van der Waals surface area (Å²) in [5.41, 5.74) is 3.70. The first-order valence-electron chi connectivity index (χ1n) is 7.95. The highest BCUT2D eigenvalue weighted by molar-refractivity contribution is 5.58. The van der Waals surface area contributed by atoms with Crippen molar-refractivity contribution in [1.82, 2.24) is 9.97 Å². The van der Waals surface area contributed by atoms with E-state index >= 15 is 0 Å². The lowest BCUT2D eigenvalue weighted by atomic mass is 10.1. The molecule has 0 aliphatic rings. The molecule has 1 N–H and O–H groups in total. The number of aryl methyl sites for hydroxylation is 2. The summed E-state index contributed by atoms with van der Waals surface area (Å²) in [6.07, 6.45) is 2.10.